The minimum atomic E-state index is -5.27. The number of carbonyl (C=O) groups is 2. The first-order valence-electron chi connectivity index (χ1n) is 10.4. The molecule has 1 heterocycles. The molecule has 0 aliphatic rings. The van der Waals surface area contributed by atoms with Crippen LogP contribution in [0, 0.1) is 0 Å². The van der Waals surface area contributed by atoms with E-state index >= 15 is 0 Å². The summed E-state index contributed by atoms with van der Waals surface area (Å²) in [5.41, 5.74) is 1.30. The lowest BCUT2D eigenvalue weighted by atomic mass is 10.1. The summed E-state index contributed by atoms with van der Waals surface area (Å²) in [6, 6.07) is 10.2. The van der Waals surface area contributed by atoms with E-state index in [0.717, 1.165) is 0 Å². The summed E-state index contributed by atoms with van der Waals surface area (Å²) in [5.74, 6) is -3.13. The predicted octanol–water partition coefficient (Wildman–Crippen LogP) is 4.27. The SMILES string of the molecule is CN(C)CCN(OC(=O)C(F)(F)F)C(=O)c1ccc(Cl)c(Nc2cncc(-c3ccc(O)cc3)n2)c1. The van der Waals surface area contributed by atoms with Crippen molar-refractivity contribution in [2.75, 3.05) is 32.5 Å². The zero-order valence-electron chi connectivity index (χ0n) is 19.1. The van der Waals surface area contributed by atoms with Crippen molar-refractivity contribution in [3.63, 3.8) is 0 Å². The number of nitrogens with one attached hydrogen (secondary N) is 1. The molecule has 0 spiro atoms. The molecule has 13 heteroatoms. The van der Waals surface area contributed by atoms with Gasteiger partial charge in [-0.05, 0) is 56.6 Å². The van der Waals surface area contributed by atoms with Crippen LogP contribution in [-0.2, 0) is 9.63 Å². The first-order chi connectivity index (χ1) is 16.9. The van der Waals surface area contributed by atoms with Crippen LogP contribution in [0.25, 0.3) is 11.3 Å². The number of alkyl halides is 3. The van der Waals surface area contributed by atoms with E-state index in [4.69, 9.17) is 11.6 Å². The number of benzene rings is 2. The highest BCUT2D eigenvalue weighted by molar-refractivity contribution is 6.33. The molecule has 0 radical (unpaired) electrons. The number of aromatic hydroxyl groups is 1. The third-order valence-electron chi connectivity index (χ3n) is 4.68. The molecule has 190 valence electrons. The number of rotatable bonds is 7. The molecule has 2 aromatic carbocycles. The van der Waals surface area contributed by atoms with E-state index in [1.54, 1.807) is 31.1 Å². The number of phenolic OH excluding ortho intramolecular Hbond substituents is 1. The van der Waals surface area contributed by atoms with E-state index < -0.39 is 18.1 Å². The maximum absolute atomic E-state index is 12.9. The summed E-state index contributed by atoms with van der Waals surface area (Å²) in [5, 5.41) is 12.9. The third kappa shape index (κ3) is 7.06. The van der Waals surface area contributed by atoms with Gasteiger partial charge in [0.25, 0.3) is 5.91 Å². The number of hydroxylamine groups is 2. The van der Waals surface area contributed by atoms with Crippen molar-refractivity contribution in [1.29, 1.82) is 0 Å². The fourth-order valence-electron chi connectivity index (χ4n) is 2.86. The molecule has 2 N–H and O–H groups in total. The Morgan fingerprint density at radius 2 is 1.78 bits per heavy atom. The van der Waals surface area contributed by atoms with Crippen LogP contribution in [0.3, 0.4) is 0 Å². The summed E-state index contributed by atoms with van der Waals surface area (Å²) in [6.45, 7) is -0.172. The molecule has 3 aromatic rings. The Labute approximate surface area is 209 Å². The van der Waals surface area contributed by atoms with E-state index in [0.29, 0.717) is 16.3 Å². The molecule has 0 aliphatic carbocycles. The second-order valence-electron chi connectivity index (χ2n) is 7.74. The molecule has 0 aliphatic heterocycles. The molecule has 1 amide bonds. The Kier molecular flexibility index (Phi) is 8.33. The molecule has 0 unspecified atom stereocenters. The van der Waals surface area contributed by atoms with Gasteiger partial charge in [-0.1, -0.05) is 11.6 Å². The van der Waals surface area contributed by atoms with Crippen LogP contribution in [-0.4, -0.2) is 70.3 Å². The van der Waals surface area contributed by atoms with Gasteiger partial charge in [-0.2, -0.15) is 18.2 Å². The standard InChI is InChI=1S/C23H21ClF3N5O4/c1-31(2)9-10-32(36-22(35)23(25,26)27)21(34)15-5-8-17(24)18(11-15)29-20-13-28-12-19(30-20)14-3-6-16(33)7-4-14/h3-8,11-13,33H,9-10H2,1-2H3,(H,29,30). The summed E-state index contributed by atoms with van der Waals surface area (Å²) in [7, 11) is 3.29. The molecule has 0 bridgehead atoms. The highest BCUT2D eigenvalue weighted by Crippen LogP contribution is 2.28. The lowest BCUT2D eigenvalue weighted by Gasteiger charge is -2.23. The molecule has 0 fully saturated rings. The lowest BCUT2D eigenvalue weighted by molar-refractivity contribution is -0.228. The van der Waals surface area contributed by atoms with E-state index in [1.165, 1.54) is 42.7 Å². The van der Waals surface area contributed by atoms with Crippen molar-refractivity contribution in [2.24, 2.45) is 0 Å². The Bertz CT molecular complexity index is 1240. The molecule has 1 aromatic heterocycles. The number of nitrogens with zero attached hydrogens (tertiary/aromatic N) is 4. The van der Waals surface area contributed by atoms with Crippen LogP contribution in [0.5, 0.6) is 5.75 Å². The minimum Gasteiger partial charge on any atom is -0.508 e. The van der Waals surface area contributed by atoms with Gasteiger partial charge in [0.2, 0.25) is 0 Å². The fraction of sp³-hybridized carbons (Fsp3) is 0.217. The third-order valence-corrected chi connectivity index (χ3v) is 5.00. The van der Waals surface area contributed by atoms with Gasteiger partial charge in [-0.3, -0.25) is 9.78 Å². The van der Waals surface area contributed by atoms with Gasteiger partial charge in [0.15, 0.2) is 0 Å². The molecule has 3 rings (SSSR count). The van der Waals surface area contributed by atoms with E-state index in [9.17, 15) is 27.9 Å². The van der Waals surface area contributed by atoms with Gasteiger partial charge in [0.1, 0.15) is 11.6 Å². The summed E-state index contributed by atoms with van der Waals surface area (Å²) >= 11 is 6.25. The van der Waals surface area contributed by atoms with Crippen LogP contribution in [0.2, 0.25) is 5.02 Å². The van der Waals surface area contributed by atoms with Crippen LogP contribution in [0.15, 0.2) is 54.9 Å². The average molecular weight is 524 g/mol. The number of amides is 1. The van der Waals surface area contributed by atoms with Crippen molar-refractivity contribution >= 4 is 35.0 Å². The van der Waals surface area contributed by atoms with Crippen LogP contribution in [0.4, 0.5) is 24.7 Å². The Morgan fingerprint density at radius 3 is 2.42 bits per heavy atom. The van der Waals surface area contributed by atoms with Gasteiger partial charge in [-0.15, -0.1) is 0 Å². The molecule has 0 saturated carbocycles. The van der Waals surface area contributed by atoms with Gasteiger partial charge < -0.3 is 20.2 Å². The van der Waals surface area contributed by atoms with Crippen molar-refractivity contribution in [2.45, 2.75) is 6.18 Å². The molecular formula is C23H21ClF3N5O4. The van der Waals surface area contributed by atoms with E-state index in [-0.39, 0.29) is 40.9 Å². The van der Waals surface area contributed by atoms with Crippen molar-refractivity contribution < 1.29 is 32.7 Å². The number of carbonyl (C=O) groups excluding carboxylic acids is 2. The number of hydrogen-bond donors (Lipinski definition) is 2. The summed E-state index contributed by atoms with van der Waals surface area (Å²) in [6.07, 6.45) is -2.36. The van der Waals surface area contributed by atoms with Gasteiger partial charge >= 0.3 is 12.1 Å². The van der Waals surface area contributed by atoms with Crippen molar-refractivity contribution in [1.82, 2.24) is 19.9 Å². The van der Waals surface area contributed by atoms with Crippen LogP contribution in [0.1, 0.15) is 10.4 Å². The number of halogens is 4. The fourth-order valence-corrected chi connectivity index (χ4v) is 3.03. The first-order valence-corrected chi connectivity index (χ1v) is 10.8. The summed E-state index contributed by atoms with van der Waals surface area (Å²) in [4.78, 5) is 38.8. The second-order valence-corrected chi connectivity index (χ2v) is 8.15. The van der Waals surface area contributed by atoms with Crippen LogP contribution >= 0.6 is 11.6 Å². The maximum Gasteiger partial charge on any atom is 0.493 e. The highest BCUT2D eigenvalue weighted by atomic mass is 35.5. The smallest absolute Gasteiger partial charge is 0.493 e. The van der Waals surface area contributed by atoms with E-state index in [1.807, 2.05) is 0 Å². The molecule has 0 saturated heterocycles. The van der Waals surface area contributed by atoms with Crippen molar-refractivity contribution in [3.8, 4) is 17.0 Å². The van der Waals surface area contributed by atoms with Gasteiger partial charge in [0, 0.05) is 17.7 Å². The van der Waals surface area contributed by atoms with Crippen molar-refractivity contribution in [3.05, 3.63) is 65.4 Å². The van der Waals surface area contributed by atoms with Crippen LogP contribution < -0.4 is 5.32 Å². The lowest BCUT2D eigenvalue weighted by Crippen LogP contribution is -2.41. The second kappa shape index (κ2) is 11.2. The number of aromatic nitrogens is 2. The van der Waals surface area contributed by atoms with Gasteiger partial charge in [-0.25, -0.2) is 9.78 Å². The van der Waals surface area contributed by atoms with E-state index in [2.05, 4.69) is 20.1 Å². The molecule has 9 nitrogen and oxygen atoms in total. The molecule has 36 heavy (non-hydrogen) atoms. The quantitative estimate of drug-likeness (QED) is 0.442. The zero-order valence-corrected chi connectivity index (χ0v) is 19.8. The Balaban J connectivity index is 1.85. The Morgan fingerprint density at radius 1 is 1.08 bits per heavy atom. The Hall–Kier alpha value is -3.90. The predicted molar refractivity (Wildman–Crippen MR) is 126 cm³/mol. The molecular weight excluding hydrogens is 503 g/mol. The number of hydrogen-bond acceptors (Lipinski definition) is 8. The minimum absolute atomic E-state index is 0.0849. The maximum atomic E-state index is 12.9. The van der Waals surface area contributed by atoms with Gasteiger partial charge in [0.05, 0.1) is 35.3 Å². The first kappa shape index (κ1) is 26.7. The monoisotopic (exact) mass is 523 g/mol. The molecule has 0 atom stereocenters. The topological polar surface area (TPSA) is 108 Å². The number of phenols is 1. The summed E-state index contributed by atoms with van der Waals surface area (Å²) < 4.78 is 38.2. The average Bonchev–Trinajstić information content (AvgIpc) is 2.82. The number of likely N-dealkylation sites (N-methyl/N-ethyl adjacent to an activating group) is 1. The highest BCUT2D eigenvalue weighted by Gasteiger charge is 2.43. The zero-order chi connectivity index (χ0) is 26.5. The largest absolute Gasteiger partial charge is 0.508 e. The normalized spacial score (nSPS) is 11.3. The number of anilines is 2.